The Labute approximate surface area is 120 Å². The van der Waals surface area contributed by atoms with Gasteiger partial charge in [0.25, 0.3) is 0 Å². The van der Waals surface area contributed by atoms with Crippen molar-refractivity contribution in [1.29, 1.82) is 0 Å². The Bertz CT molecular complexity index is 464. The van der Waals surface area contributed by atoms with Gasteiger partial charge in [0.05, 0.1) is 13.7 Å². The number of hydrogen-bond acceptors (Lipinski definition) is 4. The molecule has 5 nitrogen and oxygen atoms in total. The normalized spacial score (nSPS) is 20.8. The van der Waals surface area contributed by atoms with Crippen LogP contribution in [0.15, 0.2) is 24.3 Å². The summed E-state index contributed by atoms with van der Waals surface area (Å²) in [5.74, 6) is 0.640. The van der Waals surface area contributed by atoms with Crippen molar-refractivity contribution in [2.75, 3.05) is 33.3 Å². The van der Waals surface area contributed by atoms with E-state index in [1.807, 2.05) is 12.1 Å². The van der Waals surface area contributed by atoms with E-state index in [1.54, 1.807) is 7.11 Å². The van der Waals surface area contributed by atoms with Gasteiger partial charge < -0.3 is 10.5 Å². The van der Waals surface area contributed by atoms with Crippen LogP contribution in [-0.4, -0.2) is 55.0 Å². The lowest BCUT2D eigenvalue weighted by molar-refractivity contribution is -0.120. The molecule has 1 fully saturated rings. The Morgan fingerprint density at radius 3 is 2.90 bits per heavy atom. The fourth-order valence-corrected chi connectivity index (χ4v) is 2.68. The van der Waals surface area contributed by atoms with Gasteiger partial charge in [-0.1, -0.05) is 12.1 Å². The summed E-state index contributed by atoms with van der Waals surface area (Å²) < 4.78 is 5.25. The van der Waals surface area contributed by atoms with Crippen LogP contribution in [0.5, 0.6) is 5.75 Å². The van der Waals surface area contributed by atoms with Gasteiger partial charge in [0.1, 0.15) is 5.75 Å². The summed E-state index contributed by atoms with van der Waals surface area (Å²) >= 11 is 0. The van der Waals surface area contributed by atoms with Crippen molar-refractivity contribution >= 4 is 5.91 Å². The Balaban J connectivity index is 1.90. The monoisotopic (exact) mass is 277 g/mol. The Hall–Kier alpha value is -1.59. The highest BCUT2D eigenvalue weighted by Gasteiger charge is 2.24. The van der Waals surface area contributed by atoms with E-state index in [9.17, 15) is 4.79 Å². The minimum absolute atomic E-state index is 0.252. The van der Waals surface area contributed by atoms with Gasteiger partial charge in [0.2, 0.25) is 5.91 Å². The fourth-order valence-electron chi connectivity index (χ4n) is 2.68. The zero-order valence-corrected chi connectivity index (χ0v) is 12.2. The Kier molecular flexibility index (Phi) is 4.98. The number of carbonyl (C=O) groups is 1. The third-order valence-electron chi connectivity index (χ3n) is 3.75. The molecule has 0 saturated carbocycles. The topological polar surface area (TPSA) is 58.8 Å². The van der Waals surface area contributed by atoms with Crippen LogP contribution in [0.1, 0.15) is 12.5 Å². The number of nitrogens with two attached hydrogens (primary N) is 1. The first-order chi connectivity index (χ1) is 9.58. The smallest absolute Gasteiger partial charge is 0.231 e. The van der Waals surface area contributed by atoms with Gasteiger partial charge in [0, 0.05) is 32.2 Å². The van der Waals surface area contributed by atoms with Crippen LogP contribution in [0.3, 0.4) is 0 Å². The lowest BCUT2D eigenvalue weighted by atomic mass is 10.1. The highest BCUT2D eigenvalue weighted by Crippen LogP contribution is 2.16. The third-order valence-corrected chi connectivity index (χ3v) is 3.75. The maximum absolute atomic E-state index is 11.0. The van der Waals surface area contributed by atoms with Gasteiger partial charge in [-0.15, -0.1) is 0 Å². The van der Waals surface area contributed by atoms with Crippen LogP contribution in [0.2, 0.25) is 0 Å². The molecule has 1 amide bonds. The fraction of sp³-hybridized carbons (Fsp3) is 0.533. The highest BCUT2D eigenvalue weighted by atomic mass is 16.5. The second-order valence-corrected chi connectivity index (χ2v) is 5.37. The van der Waals surface area contributed by atoms with Gasteiger partial charge >= 0.3 is 0 Å². The molecule has 0 spiro atoms. The number of primary amides is 1. The maximum Gasteiger partial charge on any atom is 0.231 e. The Morgan fingerprint density at radius 2 is 2.25 bits per heavy atom. The predicted molar refractivity (Wildman–Crippen MR) is 78.5 cm³/mol. The molecule has 1 heterocycles. The van der Waals surface area contributed by atoms with Gasteiger partial charge in [0.15, 0.2) is 0 Å². The van der Waals surface area contributed by atoms with E-state index in [1.165, 1.54) is 5.56 Å². The van der Waals surface area contributed by atoms with Crippen molar-refractivity contribution in [2.45, 2.75) is 19.5 Å². The SMILES string of the molecule is COc1cccc(CN2CCN(CC(N)=O)[C@@H](C)C2)c1. The average molecular weight is 277 g/mol. The number of benzene rings is 1. The first-order valence-electron chi connectivity index (χ1n) is 6.96. The number of amides is 1. The van der Waals surface area contributed by atoms with Crippen molar-refractivity contribution in [3.63, 3.8) is 0 Å². The number of nitrogens with zero attached hydrogens (tertiary/aromatic N) is 2. The second kappa shape index (κ2) is 6.72. The molecule has 1 aliphatic rings. The predicted octanol–water partition coefficient (Wildman–Crippen LogP) is 0.687. The third kappa shape index (κ3) is 3.95. The van der Waals surface area contributed by atoms with Crippen LogP contribution >= 0.6 is 0 Å². The number of methoxy groups -OCH3 is 1. The van der Waals surface area contributed by atoms with E-state index in [0.29, 0.717) is 12.6 Å². The molecule has 110 valence electrons. The summed E-state index contributed by atoms with van der Waals surface area (Å²) in [7, 11) is 1.68. The molecule has 0 unspecified atom stereocenters. The summed E-state index contributed by atoms with van der Waals surface area (Å²) in [5.41, 5.74) is 6.52. The summed E-state index contributed by atoms with van der Waals surface area (Å²) in [6.45, 7) is 6.19. The van der Waals surface area contributed by atoms with Crippen LogP contribution < -0.4 is 10.5 Å². The molecular formula is C15H23N3O2. The number of piperazine rings is 1. The highest BCUT2D eigenvalue weighted by molar-refractivity contribution is 5.75. The lowest BCUT2D eigenvalue weighted by Crippen LogP contribution is -2.53. The molecule has 20 heavy (non-hydrogen) atoms. The van der Waals surface area contributed by atoms with Crippen LogP contribution in [-0.2, 0) is 11.3 Å². The number of rotatable bonds is 5. The molecule has 2 rings (SSSR count). The summed E-state index contributed by atoms with van der Waals surface area (Å²) in [6.07, 6.45) is 0. The van der Waals surface area contributed by atoms with Gasteiger partial charge in [-0.3, -0.25) is 14.6 Å². The standard InChI is InChI=1S/C15H23N3O2/c1-12-9-17(6-7-18(12)11-15(16)19)10-13-4-3-5-14(8-13)20-2/h3-5,8,12H,6-7,9-11H2,1-2H3,(H2,16,19)/t12-/m0/s1. The molecule has 0 radical (unpaired) electrons. The molecule has 0 aliphatic carbocycles. The summed E-state index contributed by atoms with van der Waals surface area (Å²) in [5, 5.41) is 0. The van der Waals surface area contributed by atoms with E-state index < -0.39 is 0 Å². The molecule has 2 N–H and O–H groups in total. The minimum atomic E-state index is -0.252. The van der Waals surface area contributed by atoms with Crippen LogP contribution in [0.25, 0.3) is 0 Å². The average Bonchev–Trinajstić information content (AvgIpc) is 2.42. The summed E-state index contributed by atoms with van der Waals surface area (Å²) in [6, 6.07) is 8.50. The maximum atomic E-state index is 11.0. The van der Waals surface area contributed by atoms with Gasteiger partial charge in [-0.25, -0.2) is 0 Å². The van der Waals surface area contributed by atoms with E-state index >= 15 is 0 Å². The number of hydrogen-bond donors (Lipinski definition) is 1. The molecule has 1 saturated heterocycles. The molecular weight excluding hydrogens is 254 g/mol. The zero-order valence-electron chi connectivity index (χ0n) is 12.2. The first kappa shape index (κ1) is 14.8. The quantitative estimate of drug-likeness (QED) is 0.860. The van der Waals surface area contributed by atoms with E-state index in [4.69, 9.17) is 10.5 Å². The zero-order chi connectivity index (χ0) is 14.5. The van der Waals surface area contributed by atoms with E-state index in [0.717, 1.165) is 31.9 Å². The molecule has 1 aliphatic heterocycles. The minimum Gasteiger partial charge on any atom is -0.497 e. The van der Waals surface area contributed by atoms with E-state index in [-0.39, 0.29) is 5.91 Å². The van der Waals surface area contributed by atoms with Crippen LogP contribution in [0.4, 0.5) is 0 Å². The lowest BCUT2D eigenvalue weighted by Gasteiger charge is -2.39. The van der Waals surface area contributed by atoms with Gasteiger partial charge in [-0.2, -0.15) is 0 Å². The molecule has 1 atom stereocenters. The molecule has 1 aromatic carbocycles. The van der Waals surface area contributed by atoms with Crippen molar-refractivity contribution < 1.29 is 9.53 Å². The molecule has 0 bridgehead atoms. The number of ether oxygens (including phenoxy) is 1. The molecule has 5 heteroatoms. The molecule has 0 aromatic heterocycles. The Morgan fingerprint density at radius 1 is 1.45 bits per heavy atom. The molecule has 1 aromatic rings. The summed E-state index contributed by atoms with van der Waals surface area (Å²) in [4.78, 5) is 15.6. The van der Waals surface area contributed by atoms with Crippen molar-refractivity contribution in [3.05, 3.63) is 29.8 Å². The largest absolute Gasteiger partial charge is 0.497 e. The van der Waals surface area contributed by atoms with Crippen molar-refractivity contribution in [1.82, 2.24) is 9.80 Å². The van der Waals surface area contributed by atoms with Crippen molar-refractivity contribution in [2.24, 2.45) is 5.73 Å². The second-order valence-electron chi connectivity index (χ2n) is 5.37. The van der Waals surface area contributed by atoms with Crippen LogP contribution in [0, 0.1) is 0 Å². The van der Waals surface area contributed by atoms with Crippen molar-refractivity contribution in [3.8, 4) is 5.75 Å². The van der Waals surface area contributed by atoms with E-state index in [2.05, 4.69) is 28.9 Å². The first-order valence-corrected chi connectivity index (χ1v) is 6.96. The number of carbonyl (C=O) groups excluding carboxylic acids is 1. The van der Waals surface area contributed by atoms with Gasteiger partial charge in [-0.05, 0) is 24.6 Å².